The van der Waals surface area contributed by atoms with Gasteiger partial charge < -0.3 is 9.13 Å². The van der Waals surface area contributed by atoms with Crippen molar-refractivity contribution in [3.63, 3.8) is 0 Å². The molecular weight excluding hydrogens is 809 g/mol. The predicted molar refractivity (Wildman–Crippen MR) is 277 cm³/mol. The Hall–Kier alpha value is -7.76. The van der Waals surface area contributed by atoms with Crippen molar-refractivity contribution >= 4 is 104 Å². The van der Waals surface area contributed by atoms with Gasteiger partial charge in [0.2, 0.25) is 0 Å². The summed E-state index contributed by atoms with van der Waals surface area (Å²) in [7, 11) is -4.20. The lowest BCUT2D eigenvalue weighted by Gasteiger charge is -2.35. The molecule has 0 bridgehead atoms. The standard InChI is InChI=1S/C60H40N2SSi/c1-4-20-41(21-5-1)42-22-18-28-46(38-42)64(44-24-6-2-7-25-44,45-26-8-3-9-27-45)47-29-19-23-43(39-47)61-53-34-14-12-32-50(53)52-40-56(60-58(59(52)61)51-33-13-17-37-57(51)63-60)62-54-35-15-10-30-48(54)49-31-11-16-36-55(49)62/h1-40H/i10D,11D,12D,13D,14D,15D,16D,17D,19D,23D,29D,30D,31D,32D,33D,34D,35D,36D,37D,39D,40D. The lowest BCUT2D eigenvalue weighted by molar-refractivity contribution is 1.18. The molecule has 0 saturated carbocycles. The van der Waals surface area contributed by atoms with E-state index in [9.17, 15) is 20.6 Å². The average molecular weight is 870 g/mol. The molecule has 3 heterocycles. The molecular formula is C60H40N2SSi. The van der Waals surface area contributed by atoms with E-state index in [0.29, 0.717) is 26.9 Å². The van der Waals surface area contributed by atoms with Crippen molar-refractivity contribution in [1.82, 2.24) is 9.13 Å². The summed E-state index contributed by atoms with van der Waals surface area (Å²) in [5, 5.41) is -0.00940. The van der Waals surface area contributed by atoms with Gasteiger partial charge in [-0.25, -0.2) is 0 Å². The van der Waals surface area contributed by atoms with E-state index >= 15 is 0 Å². The first kappa shape index (κ1) is 21.5. The highest BCUT2D eigenvalue weighted by Crippen LogP contribution is 2.47. The molecule has 0 saturated heterocycles. The molecule has 0 aliphatic rings. The first-order chi connectivity index (χ1) is 40.5. The number of hydrogen-bond donors (Lipinski definition) is 0. The summed E-state index contributed by atoms with van der Waals surface area (Å²) in [6, 6.07) is 20.8. The van der Waals surface area contributed by atoms with E-state index in [0.717, 1.165) is 20.3 Å². The molecule has 0 radical (unpaired) electrons. The van der Waals surface area contributed by atoms with Gasteiger partial charge in [-0.3, -0.25) is 0 Å². The normalized spacial score (nSPS) is 16.7. The zero-order valence-electron chi connectivity index (χ0n) is 54.3. The maximum absolute atomic E-state index is 10.9. The predicted octanol–water partition coefficient (Wildman–Crippen LogP) is 13.3. The molecule has 0 fully saturated rings. The van der Waals surface area contributed by atoms with Crippen LogP contribution in [0.1, 0.15) is 28.8 Å². The van der Waals surface area contributed by atoms with Crippen LogP contribution in [0.3, 0.4) is 0 Å². The van der Waals surface area contributed by atoms with Gasteiger partial charge >= 0.3 is 0 Å². The van der Waals surface area contributed by atoms with Crippen LogP contribution in [0.4, 0.5) is 0 Å². The highest BCUT2D eigenvalue weighted by atomic mass is 32.1. The minimum atomic E-state index is -4.20. The van der Waals surface area contributed by atoms with Gasteiger partial charge in [0.05, 0.1) is 61.2 Å². The molecule has 13 rings (SSSR count). The van der Waals surface area contributed by atoms with E-state index in [1.165, 1.54) is 0 Å². The van der Waals surface area contributed by atoms with Gasteiger partial charge in [-0.05, 0) is 74.2 Å². The maximum Gasteiger partial charge on any atom is 0.179 e. The number of thiophene rings is 1. The number of hydrogen-bond acceptors (Lipinski definition) is 1. The molecule has 3 aromatic heterocycles. The molecule has 13 aromatic rings. The Morgan fingerprint density at radius 1 is 0.406 bits per heavy atom. The third-order valence-corrected chi connectivity index (χ3v) is 17.6. The first-order valence-electron chi connectivity index (χ1n) is 30.8. The third kappa shape index (κ3) is 5.43. The Morgan fingerprint density at radius 2 is 0.938 bits per heavy atom. The van der Waals surface area contributed by atoms with Crippen LogP contribution in [0, 0.1) is 0 Å². The van der Waals surface area contributed by atoms with Crippen LogP contribution in [0.25, 0.3) is 86.3 Å². The minimum absolute atomic E-state index is 0.00782. The van der Waals surface area contributed by atoms with E-state index in [-0.39, 0.29) is 47.0 Å². The second-order valence-electron chi connectivity index (χ2n) is 15.2. The monoisotopic (exact) mass is 869 g/mol. The largest absolute Gasteiger partial charge is 0.309 e. The Kier molecular flexibility index (Phi) is 4.94. The summed E-state index contributed by atoms with van der Waals surface area (Å²) in [5.74, 6) is 0. The van der Waals surface area contributed by atoms with Crippen molar-refractivity contribution in [2.24, 2.45) is 0 Å². The molecule has 0 aliphatic heterocycles. The van der Waals surface area contributed by atoms with Crippen molar-refractivity contribution in [1.29, 1.82) is 0 Å². The summed E-state index contributed by atoms with van der Waals surface area (Å²) in [5.41, 5.74) is -0.854. The molecule has 0 atom stereocenters. The third-order valence-electron chi connectivity index (χ3n) is 11.9. The highest BCUT2D eigenvalue weighted by molar-refractivity contribution is 7.26. The second kappa shape index (κ2) is 14.7. The van der Waals surface area contributed by atoms with E-state index in [1.807, 2.05) is 115 Å². The molecule has 300 valence electrons. The molecule has 4 heteroatoms. The maximum atomic E-state index is 10.9. The van der Waals surface area contributed by atoms with Crippen LogP contribution in [-0.4, -0.2) is 17.2 Å². The molecule has 64 heavy (non-hydrogen) atoms. The fourth-order valence-electron chi connectivity index (χ4n) is 9.27. The molecule has 0 aliphatic carbocycles. The van der Waals surface area contributed by atoms with E-state index < -0.39 is 168 Å². The van der Waals surface area contributed by atoms with Crippen molar-refractivity contribution in [3.8, 4) is 22.5 Å². The van der Waals surface area contributed by atoms with Crippen molar-refractivity contribution < 1.29 is 28.8 Å². The SMILES string of the molecule is [2H]c1c([2H])c(-n2c3c([2H])c([2H])c([2H])c([2H])c3c3c([2H])c(-n4c5c([2H])c([2H])c([2H])c([2H])c5c5c([2H])c([2H])c([2H])c([2H])c54)c4sc5c([2H])c([2H])c([2H])c([2H])c5c4c32)c([2H])c([Si](c2ccccc2)(c2ccccc2)c2cccc(-c3ccccc3)c2)c1[2H]. The number of aromatic nitrogens is 2. The van der Waals surface area contributed by atoms with Crippen LogP contribution in [0.5, 0.6) is 0 Å². The summed E-state index contributed by atoms with van der Waals surface area (Å²) in [4.78, 5) is 0. The molecule has 0 unspecified atom stereocenters. The molecule has 2 nitrogen and oxygen atoms in total. The molecule has 0 amide bonds. The zero-order chi connectivity index (χ0) is 60.5. The Bertz CT molecular complexity index is 5030. The van der Waals surface area contributed by atoms with Crippen molar-refractivity contribution in [3.05, 3.63) is 242 Å². The summed E-state index contributed by atoms with van der Waals surface area (Å²) in [6.45, 7) is 0. The number of benzene rings is 10. The van der Waals surface area contributed by atoms with Crippen LogP contribution in [0.2, 0.25) is 0 Å². The van der Waals surface area contributed by atoms with Crippen LogP contribution in [-0.2, 0) is 0 Å². The van der Waals surface area contributed by atoms with Gasteiger partial charge in [0.1, 0.15) is 0 Å². The van der Waals surface area contributed by atoms with Crippen molar-refractivity contribution in [2.45, 2.75) is 0 Å². The Balaban J connectivity index is 1.33. The number of rotatable bonds is 7. The summed E-state index contributed by atoms with van der Waals surface area (Å²) < 4.78 is 201. The first-order valence-corrected chi connectivity index (χ1v) is 23.1. The van der Waals surface area contributed by atoms with E-state index in [4.69, 9.17) is 8.22 Å². The summed E-state index contributed by atoms with van der Waals surface area (Å²) >= 11 is 0.702. The van der Waals surface area contributed by atoms with Crippen LogP contribution < -0.4 is 20.7 Å². The van der Waals surface area contributed by atoms with E-state index in [2.05, 4.69) is 0 Å². The second-order valence-corrected chi connectivity index (χ2v) is 20.0. The summed E-state index contributed by atoms with van der Waals surface area (Å²) in [6.07, 6.45) is 0. The Labute approximate surface area is 405 Å². The van der Waals surface area contributed by atoms with Gasteiger partial charge in [0.25, 0.3) is 0 Å². The van der Waals surface area contributed by atoms with Crippen LogP contribution in [0.15, 0.2) is 242 Å². The zero-order valence-corrected chi connectivity index (χ0v) is 35.1. The molecule has 10 aromatic carbocycles. The molecule has 0 spiro atoms. The highest BCUT2D eigenvalue weighted by Gasteiger charge is 2.42. The van der Waals surface area contributed by atoms with Gasteiger partial charge in [-0.15, -0.1) is 11.3 Å². The van der Waals surface area contributed by atoms with Gasteiger partial charge in [0, 0.05) is 42.7 Å². The Morgan fingerprint density at radius 3 is 1.59 bits per heavy atom. The number of nitrogens with zero attached hydrogens (tertiary/aromatic N) is 2. The van der Waals surface area contributed by atoms with Gasteiger partial charge in [0.15, 0.2) is 8.07 Å². The molecule has 0 N–H and O–H groups in total. The quantitative estimate of drug-likeness (QED) is 0.112. The fraction of sp³-hybridized carbons (Fsp3) is 0. The van der Waals surface area contributed by atoms with E-state index in [1.54, 1.807) is 0 Å². The number of para-hydroxylation sites is 3. The minimum Gasteiger partial charge on any atom is -0.309 e. The average Bonchev–Trinajstić information content (AvgIpc) is 1.57. The topological polar surface area (TPSA) is 9.86 Å². The smallest absolute Gasteiger partial charge is 0.179 e. The van der Waals surface area contributed by atoms with Gasteiger partial charge in [-0.2, -0.15) is 0 Å². The fourth-order valence-corrected chi connectivity index (χ4v) is 14.9. The lowest BCUT2D eigenvalue weighted by Crippen LogP contribution is -2.74. The van der Waals surface area contributed by atoms with Crippen LogP contribution >= 0.6 is 11.3 Å². The lowest BCUT2D eigenvalue weighted by atomic mass is 10.1. The van der Waals surface area contributed by atoms with Crippen molar-refractivity contribution in [2.75, 3.05) is 0 Å². The number of fused-ring (bicyclic) bond motifs is 10. The van der Waals surface area contributed by atoms with Gasteiger partial charge in [-0.1, -0.05) is 200 Å².